The summed E-state index contributed by atoms with van der Waals surface area (Å²) >= 11 is 3.21. The van der Waals surface area contributed by atoms with Crippen LogP contribution >= 0.6 is 15.9 Å². The van der Waals surface area contributed by atoms with Crippen LogP contribution in [0.2, 0.25) is 0 Å². The first-order valence-corrected chi connectivity index (χ1v) is 13.8. The second kappa shape index (κ2) is 12.2. The molecule has 222 valence electrons. The second-order valence-corrected chi connectivity index (χ2v) is 11.8. The van der Waals surface area contributed by atoms with Gasteiger partial charge in [-0.25, -0.2) is 14.8 Å². The number of hydrogen-bond acceptors (Lipinski definition) is 5. The third-order valence-corrected chi connectivity index (χ3v) is 7.10. The fourth-order valence-corrected chi connectivity index (χ4v) is 5.13. The van der Waals surface area contributed by atoms with Gasteiger partial charge in [0.1, 0.15) is 11.4 Å². The average Bonchev–Trinajstić information content (AvgIpc) is 2.84. The highest BCUT2D eigenvalue weighted by Crippen LogP contribution is 2.39. The van der Waals surface area contributed by atoms with Crippen molar-refractivity contribution in [1.29, 1.82) is 0 Å². The molecule has 0 spiro atoms. The van der Waals surface area contributed by atoms with E-state index in [9.17, 15) is 31.1 Å². The number of alkyl halides is 6. The zero-order valence-electron chi connectivity index (χ0n) is 22.8. The number of hydrogen-bond donors (Lipinski definition) is 1. The predicted molar refractivity (Wildman–Crippen MR) is 140 cm³/mol. The minimum atomic E-state index is -5.00. The molecule has 0 saturated carbocycles. The fraction of sp³-hybridized carbons (Fsp3) is 0.593. The summed E-state index contributed by atoms with van der Waals surface area (Å²) in [4.78, 5) is 23.2. The van der Waals surface area contributed by atoms with Gasteiger partial charge < -0.3 is 15.0 Å². The SMILES string of the molecule is CCC1CC(NC(c2cc(C(F)(F)F)cc(C(F)(F)F)c2)c2ncc(Br)cn2)CC(CC)N1C(=O)OC(C)(C)C. The van der Waals surface area contributed by atoms with Gasteiger partial charge in [-0.05, 0) is 86.1 Å². The number of aromatic nitrogens is 2. The first-order chi connectivity index (χ1) is 18.4. The highest BCUT2D eigenvalue weighted by molar-refractivity contribution is 9.10. The van der Waals surface area contributed by atoms with Crippen molar-refractivity contribution in [2.45, 2.75) is 102 Å². The number of carbonyl (C=O) groups excluding carboxylic acids is 1. The van der Waals surface area contributed by atoms with Gasteiger partial charge in [0.05, 0.1) is 21.6 Å². The van der Waals surface area contributed by atoms with E-state index in [0.29, 0.717) is 42.3 Å². The number of rotatable bonds is 6. The number of amides is 1. The lowest BCUT2D eigenvalue weighted by Crippen LogP contribution is -2.57. The van der Waals surface area contributed by atoms with Crippen LogP contribution in [-0.4, -0.2) is 44.7 Å². The maximum Gasteiger partial charge on any atom is 0.416 e. The highest BCUT2D eigenvalue weighted by Gasteiger charge is 2.41. The van der Waals surface area contributed by atoms with Crippen molar-refractivity contribution in [1.82, 2.24) is 20.2 Å². The molecular weight excluding hydrogens is 606 g/mol. The van der Waals surface area contributed by atoms with Crippen molar-refractivity contribution in [3.63, 3.8) is 0 Å². The Morgan fingerprint density at radius 1 is 0.975 bits per heavy atom. The van der Waals surface area contributed by atoms with Gasteiger partial charge in [0.25, 0.3) is 0 Å². The van der Waals surface area contributed by atoms with Gasteiger partial charge in [-0.3, -0.25) is 0 Å². The number of benzene rings is 1. The summed E-state index contributed by atoms with van der Waals surface area (Å²) in [6, 6.07) is -0.567. The number of carbonyl (C=O) groups is 1. The topological polar surface area (TPSA) is 67.4 Å². The minimum absolute atomic E-state index is 0.0197. The quantitative estimate of drug-likeness (QED) is 0.326. The lowest BCUT2D eigenvalue weighted by molar-refractivity contribution is -0.143. The van der Waals surface area contributed by atoms with E-state index in [4.69, 9.17) is 4.74 Å². The molecule has 0 bridgehead atoms. The maximum absolute atomic E-state index is 13.7. The molecule has 1 aliphatic rings. The Balaban J connectivity index is 2.04. The van der Waals surface area contributed by atoms with Gasteiger partial charge in [-0.1, -0.05) is 13.8 Å². The number of likely N-dealkylation sites (tertiary alicyclic amines) is 1. The molecule has 0 radical (unpaired) electrons. The summed E-state index contributed by atoms with van der Waals surface area (Å²) in [5.41, 5.74) is -3.80. The Hall–Kier alpha value is -2.41. The van der Waals surface area contributed by atoms with Crippen molar-refractivity contribution >= 4 is 22.0 Å². The Morgan fingerprint density at radius 3 is 1.85 bits per heavy atom. The molecule has 1 saturated heterocycles. The third kappa shape index (κ3) is 8.08. The number of ether oxygens (including phenoxy) is 1. The molecule has 3 rings (SSSR count). The van der Waals surface area contributed by atoms with Crippen LogP contribution in [-0.2, 0) is 17.1 Å². The Bertz CT molecular complexity index is 1120. The summed E-state index contributed by atoms with van der Waals surface area (Å²) in [6.07, 6.45) is -5.72. The lowest BCUT2D eigenvalue weighted by atomic mass is 9.87. The second-order valence-electron chi connectivity index (χ2n) is 10.9. The molecule has 13 heteroatoms. The number of piperidine rings is 1. The van der Waals surface area contributed by atoms with Gasteiger partial charge in [-0.2, -0.15) is 26.3 Å². The van der Waals surface area contributed by atoms with Crippen molar-refractivity contribution in [3.8, 4) is 0 Å². The van der Waals surface area contributed by atoms with Crippen LogP contribution in [0, 0.1) is 0 Å². The molecule has 1 amide bonds. The lowest BCUT2D eigenvalue weighted by Gasteiger charge is -2.46. The molecule has 1 aliphatic heterocycles. The Morgan fingerprint density at radius 2 is 1.45 bits per heavy atom. The first-order valence-electron chi connectivity index (χ1n) is 13.0. The zero-order chi connectivity index (χ0) is 30.0. The Kier molecular flexibility index (Phi) is 9.81. The van der Waals surface area contributed by atoms with Crippen molar-refractivity contribution in [3.05, 3.63) is 57.6 Å². The smallest absolute Gasteiger partial charge is 0.416 e. The normalized spacial score (nSPS) is 21.3. The first kappa shape index (κ1) is 32.1. The molecule has 40 heavy (non-hydrogen) atoms. The average molecular weight is 639 g/mol. The van der Waals surface area contributed by atoms with Crippen LogP contribution in [0.25, 0.3) is 0 Å². The molecule has 1 aromatic carbocycles. The molecule has 2 heterocycles. The number of nitrogens with zero attached hydrogens (tertiary/aromatic N) is 3. The third-order valence-electron chi connectivity index (χ3n) is 6.69. The summed E-state index contributed by atoms with van der Waals surface area (Å²) in [5, 5.41) is 3.25. The molecule has 3 unspecified atom stereocenters. The van der Waals surface area contributed by atoms with E-state index < -0.39 is 41.2 Å². The van der Waals surface area contributed by atoms with Gasteiger partial charge in [0, 0.05) is 30.5 Å². The van der Waals surface area contributed by atoms with Crippen LogP contribution < -0.4 is 5.32 Å². The summed E-state index contributed by atoms with van der Waals surface area (Å²) in [5.74, 6) is 0.0197. The van der Waals surface area contributed by atoms with Gasteiger partial charge in [-0.15, -0.1) is 0 Å². The molecule has 0 aliphatic carbocycles. The molecule has 3 atom stereocenters. The van der Waals surface area contributed by atoms with Gasteiger partial charge in [0.2, 0.25) is 0 Å². The van der Waals surface area contributed by atoms with Crippen LogP contribution in [0.4, 0.5) is 31.1 Å². The van der Waals surface area contributed by atoms with Gasteiger partial charge in [0.15, 0.2) is 0 Å². The minimum Gasteiger partial charge on any atom is -0.444 e. The van der Waals surface area contributed by atoms with Crippen LogP contribution in [0.5, 0.6) is 0 Å². The molecule has 2 aromatic rings. The molecule has 1 N–H and O–H groups in total. The standard InChI is InChI=1S/C27H33BrF6N4O2/c1-6-20-11-19(12-21(7-2)38(20)24(39)40-25(3,4)5)37-22(23-35-13-18(28)14-36-23)15-8-16(26(29,30)31)10-17(9-15)27(32,33)34/h8-10,13-14,19-22,37H,6-7,11-12H2,1-5H3. The monoisotopic (exact) mass is 638 g/mol. The van der Waals surface area contributed by atoms with E-state index in [1.165, 1.54) is 12.4 Å². The van der Waals surface area contributed by atoms with E-state index in [0.717, 1.165) is 0 Å². The van der Waals surface area contributed by atoms with E-state index >= 15 is 0 Å². The van der Waals surface area contributed by atoms with Crippen LogP contribution in [0.15, 0.2) is 35.1 Å². The number of nitrogens with one attached hydrogen (secondary N) is 1. The Labute approximate surface area is 238 Å². The maximum atomic E-state index is 13.7. The largest absolute Gasteiger partial charge is 0.444 e. The molecule has 1 aromatic heterocycles. The van der Waals surface area contributed by atoms with Crippen LogP contribution in [0.1, 0.15) is 88.9 Å². The summed E-state index contributed by atoms with van der Waals surface area (Å²) in [7, 11) is 0. The van der Waals surface area contributed by atoms with E-state index in [1.54, 1.807) is 25.7 Å². The summed E-state index contributed by atoms with van der Waals surface area (Å²) in [6.45, 7) is 9.14. The molecular formula is C27H33BrF6N4O2. The number of halogens is 7. The van der Waals surface area contributed by atoms with Gasteiger partial charge >= 0.3 is 18.4 Å². The van der Waals surface area contributed by atoms with E-state index in [-0.39, 0.29) is 35.6 Å². The molecule has 6 nitrogen and oxygen atoms in total. The predicted octanol–water partition coefficient (Wildman–Crippen LogP) is 7.91. The summed E-state index contributed by atoms with van der Waals surface area (Å²) < 4.78 is 88.1. The fourth-order valence-electron chi connectivity index (χ4n) is 4.93. The van der Waals surface area contributed by atoms with Crippen molar-refractivity contribution < 1.29 is 35.9 Å². The van der Waals surface area contributed by atoms with E-state index in [2.05, 4.69) is 31.2 Å². The highest BCUT2D eigenvalue weighted by atomic mass is 79.9. The van der Waals surface area contributed by atoms with Crippen molar-refractivity contribution in [2.24, 2.45) is 0 Å². The van der Waals surface area contributed by atoms with Crippen molar-refractivity contribution in [2.75, 3.05) is 0 Å². The molecule has 1 fully saturated rings. The van der Waals surface area contributed by atoms with E-state index in [1.807, 2.05) is 13.8 Å². The van der Waals surface area contributed by atoms with Crippen LogP contribution in [0.3, 0.4) is 0 Å². The zero-order valence-corrected chi connectivity index (χ0v) is 24.4.